The maximum Gasteiger partial charge on any atom is 0.255 e. The molecule has 0 heterocycles. The second kappa shape index (κ2) is 7.11. The fraction of sp³-hybridized carbons (Fsp3) is 0.188. The van der Waals surface area contributed by atoms with Crippen LogP contribution in [0.4, 0.5) is 0 Å². The molecular formula is C16H17ClN2O2. The first-order chi connectivity index (χ1) is 10.1. The molecule has 1 amide bonds. The molecule has 0 radical (unpaired) electrons. The Balaban J connectivity index is 1.88. The Morgan fingerprint density at radius 1 is 1.24 bits per heavy atom. The van der Waals surface area contributed by atoms with E-state index in [-0.39, 0.29) is 23.3 Å². The molecule has 4 N–H and O–H groups in total. The molecule has 0 saturated carbocycles. The molecule has 2 rings (SSSR count). The lowest BCUT2D eigenvalue weighted by atomic mass is 10.0. The first kappa shape index (κ1) is 15.4. The third-order valence-corrected chi connectivity index (χ3v) is 3.41. The predicted molar refractivity (Wildman–Crippen MR) is 83.4 cm³/mol. The summed E-state index contributed by atoms with van der Waals surface area (Å²) in [5, 5.41) is 12.8. The van der Waals surface area contributed by atoms with E-state index in [4.69, 9.17) is 17.3 Å². The maximum absolute atomic E-state index is 12.0. The number of hydrogen-bond acceptors (Lipinski definition) is 3. The van der Waals surface area contributed by atoms with Gasteiger partial charge in [0.1, 0.15) is 5.75 Å². The van der Waals surface area contributed by atoms with Crippen LogP contribution in [-0.4, -0.2) is 17.6 Å². The highest BCUT2D eigenvalue weighted by Crippen LogP contribution is 2.21. The van der Waals surface area contributed by atoms with E-state index in [1.807, 2.05) is 30.3 Å². The van der Waals surface area contributed by atoms with Gasteiger partial charge in [0.25, 0.3) is 5.91 Å². The van der Waals surface area contributed by atoms with Crippen LogP contribution in [0.5, 0.6) is 5.75 Å². The normalized spacial score (nSPS) is 11.9. The van der Waals surface area contributed by atoms with E-state index in [1.165, 1.54) is 18.2 Å². The van der Waals surface area contributed by atoms with Crippen LogP contribution < -0.4 is 11.1 Å². The van der Waals surface area contributed by atoms with Crippen molar-refractivity contribution >= 4 is 17.5 Å². The van der Waals surface area contributed by atoms with Crippen molar-refractivity contribution in [2.45, 2.75) is 12.5 Å². The van der Waals surface area contributed by atoms with Crippen molar-refractivity contribution < 1.29 is 9.90 Å². The summed E-state index contributed by atoms with van der Waals surface area (Å²) in [6.07, 6.45) is 0.608. The van der Waals surface area contributed by atoms with Gasteiger partial charge in [-0.05, 0) is 30.2 Å². The molecule has 4 nitrogen and oxygen atoms in total. The zero-order valence-electron chi connectivity index (χ0n) is 11.4. The molecule has 0 spiro atoms. The van der Waals surface area contributed by atoms with E-state index in [0.29, 0.717) is 18.0 Å². The fourth-order valence-electron chi connectivity index (χ4n) is 1.99. The zero-order chi connectivity index (χ0) is 15.2. The van der Waals surface area contributed by atoms with Crippen molar-refractivity contribution in [2.75, 3.05) is 6.54 Å². The lowest BCUT2D eigenvalue weighted by molar-refractivity contribution is 0.0950. The van der Waals surface area contributed by atoms with Crippen LogP contribution in [0.2, 0.25) is 5.02 Å². The summed E-state index contributed by atoms with van der Waals surface area (Å²) in [4.78, 5) is 12.0. The van der Waals surface area contributed by atoms with Gasteiger partial charge in [-0.15, -0.1) is 0 Å². The van der Waals surface area contributed by atoms with Crippen molar-refractivity contribution in [2.24, 2.45) is 5.73 Å². The topological polar surface area (TPSA) is 75.3 Å². The average Bonchev–Trinajstić information content (AvgIpc) is 2.50. The smallest absolute Gasteiger partial charge is 0.255 e. The van der Waals surface area contributed by atoms with Gasteiger partial charge in [0.2, 0.25) is 0 Å². The van der Waals surface area contributed by atoms with E-state index < -0.39 is 0 Å². The van der Waals surface area contributed by atoms with E-state index >= 15 is 0 Å². The van der Waals surface area contributed by atoms with Crippen LogP contribution in [0.1, 0.15) is 28.4 Å². The monoisotopic (exact) mass is 304 g/mol. The number of carbonyl (C=O) groups is 1. The molecule has 21 heavy (non-hydrogen) atoms. The van der Waals surface area contributed by atoms with Gasteiger partial charge in [0, 0.05) is 17.6 Å². The highest BCUT2D eigenvalue weighted by atomic mass is 35.5. The summed E-state index contributed by atoms with van der Waals surface area (Å²) < 4.78 is 0. The highest BCUT2D eigenvalue weighted by molar-refractivity contribution is 6.31. The highest BCUT2D eigenvalue weighted by Gasteiger charge is 2.12. The van der Waals surface area contributed by atoms with Crippen LogP contribution in [0.15, 0.2) is 48.5 Å². The SMILES string of the molecule is NC(CCNC(=O)c1cc(Cl)ccc1O)c1ccccc1. The molecule has 0 aromatic heterocycles. The second-order valence-electron chi connectivity index (χ2n) is 4.72. The molecule has 0 aliphatic heterocycles. The standard InChI is InChI=1S/C16H17ClN2O2/c17-12-6-7-15(20)13(10-12)16(21)19-9-8-14(18)11-4-2-1-3-5-11/h1-7,10,14,20H,8-9,18H2,(H,19,21). The largest absolute Gasteiger partial charge is 0.507 e. The number of nitrogens with two attached hydrogens (primary N) is 1. The van der Waals surface area contributed by atoms with Gasteiger partial charge in [0.15, 0.2) is 0 Å². The van der Waals surface area contributed by atoms with E-state index in [0.717, 1.165) is 5.56 Å². The van der Waals surface area contributed by atoms with E-state index in [2.05, 4.69) is 5.32 Å². The number of amides is 1. The molecule has 1 unspecified atom stereocenters. The van der Waals surface area contributed by atoms with Gasteiger partial charge >= 0.3 is 0 Å². The van der Waals surface area contributed by atoms with Crippen LogP contribution >= 0.6 is 11.6 Å². The van der Waals surface area contributed by atoms with Crippen LogP contribution in [-0.2, 0) is 0 Å². The molecule has 0 fully saturated rings. The Hall–Kier alpha value is -2.04. The number of phenols is 1. The quantitative estimate of drug-likeness (QED) is 0.795. The predicted octanol–water partition coefficient (Wildman–Crippen LogP) is 2.87. The number of benzene rings is 2. The Morgan fingerprint density at radius 3 is 2.67 bits per heavy atom. The van der Waals surface area contributed by atoms with Crippen molar-refractivity contribution in [3.63, 3.8) is 0 Å². The summed E-state index contributed by atoms with van der Waals surface area (Å²) in [5.41, 5.74) is 7.24. The molecule has 0 saturated heterocycles. The van der Waals surface area contributed by atoms with Crippen LogP contribution in [0.3, 0.4) is 0 Å². The lowest BCUT2D eigenvalue weighted by Gasteiger charge is -2.13. The number of nitrogens with one attached hydrogen (secondary N) is 1. The van der Waals surface area contributed by atoms with Gasteiger partial charge in [-0.25, -0.2) is 0 Å². The number of phenolic OH excluding ortho intramolecular Hbond substituents is 1. The summed E-state index contributed by atoms with van der Waals surface area (Å²) in [6.45, 7) is 0.418. The van der Waals surface area contributed by atoms with Gasteiger partial charge in [0.05, 0.1) is 5.56 Å². The number of aromatic hydroxyl groups is 1. The number of rotatable bonds is 5. The molecule has 0 bridgehead atoms. The van der Waals surface area contributed by atoms with Gasteiger partial charge < -0.3 is 16.2 Å². The summed E-state index contributed by atoms with van der Waals surface area (Å²) in [6, 6.07) is 13.9. The summed E-state index contributed by atoms with van der Waals surface area (Å²) in [7, 11) is 0. The number of carbonyl (C=O) groups excluding carboxylic acids is 1. The Kier molecular flexibility index (Phi) is 5.20. The van der Waals surface area contributed by atoms with Crippen LogP contribution in [0, 0.1) is 0 Å². The number of halogens is 1. The van der Waals surface area contributed by atoms with Gasteiger partial charge in [-0.1, -0.05) is 41.9 Å². The van der Waals surface area contributed by atoms with Crippen molar-refractivity contribution in [1.82, 2.24) is 5.32 Å². The van der Waals surface area contributed by atoms with Crippen molar-refractivity contribution in [1.29, 1.82) is 0 Å². The van der Waals surface area contributed by atoms with E-state index in [1.54, 1.807) is 0 Å². The minimum atomic E-state index is -0.365. The minimum Gasteiger partial charge on any atom is -0.507 e. The van der Waals surface area contributed by atoms with E-state index in [9.17, 15) is 9.90 Å². The summed E-state index contributed by atoms with van der Waals surface area (Å²) in [5.74, 6) is -0.459. The molecule has 110 valence electrons. The third-order valence-electron chi connectivity index (χ3n) is 3.17. The molecule has 2 aromatic carbocycles. The molecular weight excluding hydrogens is 288 g/mol. The van der Waals surface area contributed by atoms with Gasteiger partial charge in [-0.2, -0.15) is 0 Å². The number of hydrogen-bond donors (Lipinski definition) is 3. The Bertz CT molecular complexity index is 617. The third kappa shape index (κ3) is 4.21. The Labute approximate surface area is 128 Å². The summed E-state index contributed by atoms with van der Waals surface area (Å²) >= 11 is 5.81. The fourth-order valence-corrected chi connectivity index (χ4v) is 2.17. The first-order valence-corrected chi connectivity index (χ1v) is 7.03. The lowest BCUT2D eigenvalue weighted by Crippen LogP contribution is -2.27. The first-order valence-electron chi connectivity index (χ1n) is 6.65. The maximum atomic E-state index is 12.0. The molecule has 2 aromatic rings. The molecule has 1 atom stereocenters. The van der Waals surface area contributed by atoms with Crippen molar-refractivity contribution in [3.8, 4) is 5.75 Å². The molecule has 5 heteroatoms. The zero-order valence-corrected chi connectivity index (χ0v) is 12.2. The Morgan fingerprint density at radius 2 is 1.95 bits per heavy atom. The van der Waals surface area contributed by atoms with Crippen LogP contribution in [0.25, 0.3) is 0 Å². The molecule has 0 aliphatic carbocycles. The van der Waals surface area contributed by atoms with Gasteiger partial charge in [-0.3, -0.25) is 4.79 Å². The minimum absolute atomic E-state index is 0.0933. The van der Waals surface area contributed by atoms with Crippen molar-refractivity contribution in [3.05, 3.63) is 64.7 Å². The molecule has 0 aliphatic rings. The average molecular weight is 305 g/mol. The second-order valence-corrected chi connectivity index (χ2v) is 5.16.